The Morgan fingerprint density at radius 3 is 2.57 bits per heavy atom. The van der Waals surface area contributed by atoms with Crippen LogP contribution in [-0.2, 0) is 10.0 Å². The average molecular weight is 335 g/mol. The van der Waals surface area contributed by atoms with Crippen LogP contribution in [0.25, 0.3) is 0 Å². The van der Waals surface area contributed by atoms with Crippen molar-refractivity contribution in [2.75, 3.05) is 19.8 Å². The minimum Gasteiger partial charge on any atom is -0.486 e. The van der Waals surface area contributed by atoms with Gasteiger partial charge in [0.25, 0.3) is 0 Å². The number of sulfonamides is 1. The first kappa shape index (κ1) is 16.4. The maximum atomic E-state index is 12.2. The molecule has 1 aliphatic carbocycles. The number of hydrogen-bond donors (Lipinski definition) is 2. The molecule has 1 atom stereocenters. The van der Waals surface area contributed by atoms with Gasteiger partial charge in [-0.3, -0.25) is 0 Å². The van der Waals surface area contributed by atoms with Crippen molar-refractivity contribution in [2.45, 2.75) is 23.8 Å². The van der Waals surface area contributed by atoms with Crippen LogP contribution < -0.4 is 19.9 Å². The highest BCUT2D eigenvalue weighted by Crippen LogP contribution is 2.33. The molecule has 0 saturated heterocycles. The Bertz CT molecular complexity index is 604. The molecule has 1 aromatic rings. The molecule has 3 rings (SSSR count). The number of nitrogens with one attached hydrogen (secondary N) is 1. The van der Waals surface area contributed by atoms with Crippen LogP contribution in [-0.4, -0.2) is 34.2 Å². The van der Waals surface area contributed by atoms with Crippen molar-refractivity contribution in [3.05, 3.63) is 18.2 Å². The lowest BCUT2D eigenvalue weighted by Gasteiger charge is -2.19. The molecular formula is C13H19ClN2O4S. The van der Waals surface area contributed by atoms with Crippen LogP contribution in [0.1, 0.15) is 12.8 Å². The van der Waals surface area contributed by atoms with Gasteiger partial charge in [-0.15, -0.1) is 12.4 Å². The number of rotatable bonds is 5. The van der Waals surface area contributed by atoms with E-state index in [9.17, 15) is 8.42 Å². The van der Waals surface area contributed by atoms with Crippen molar-refractivity contribution in [3.63, 3.8) is 0 Å². The van der Waals surface area contributed by atoms with Crippen LogP contribution >= 0.6 is 12.4 Å². The van der Waals surface area contributed by atoms with Gasteiger partial charge in [0.05, 0.1) is 4.90 Å². The van der Waals surface area contributed by atoms with Gasteiger partial charge in [-0.1, -0.05) is 0 Å². The van der Waals surface area contributed by atoms with Crippen LogP contribution in [0.4, 0.5) is 0 Å². The molecule has 21 heavy (non-hydrogen) atoms. The molecule has 6 nitrogen and oxygen atoms in total. The summed E-state index contributed by atoms with van der Waals surface area (Å²) in [6.07, 6.45) is 2.18. The van der Waals surface area contributed by atoms with Gasteiger partial charge in [-0.2, -0.15) is 0 Å². The third-order valence-corrected chi connectivity index (χ3v) is 4.98. The fourth-order valence-corrected chi connectivity index (χ4v) is 3.26. The second-order valence-corrected chi connectivity index (χ2v) is 6.93. The zero-order valence-corrected chi connectivity index (χ0v) is 13.1. The van der Waals surface area contributed by atoms with Gasteiger partial charge in [0.1, 0.15) is 13.2 Å². The molecule has 0 aromatic heterocycles. The Labute approximate surface area is 130 Å². The topological polar surface area (TPSA) is 90.7 Å². The Kier molecular flexibility index (Phi) is 4.98. The molecule has 2 aliphatic rings. The monoisotopic (exact) mass is 334 g/mol. The predicted octanol–water partition coefficient (Wildman–Crippen LogP) is 0.895. The minimum atomic E-state index is -3.56. The first-order valence-electron chi connectivity index (χ1n) is 6.71. The van der Waals surface area contributed by atoms with Crippen molar-refractivity contribution >= 4 is 22.4 Å². The summed E-state index contributed by atoms with van der Waals surface area (Å²) in [4.78, 5) is 0.171. The zero-order chi connectivity index (χ0) is 14.2. The lowest BCUT2D eigenvalue weighted by atomic mass is 10.2. The standard InChI is InChI=1S/C13H18N2O4S.ClH/c14-11(9-1-2-9)8-15-20(16,17)10-3-4-12-13(7-10)19-6-5-18-12;/h3-4,7,9,11,15H,1-2,5-6,8,14H2;1H. The fourth-order valence-electron chi connectivity index (χ4n) is 2.17. The average Bonchev–Trinajstić information content (AvgIpc) is 3.29. The summed E-state index contributed by atoms with van der Waals surface area (Å²) in [7, 11) is -3.56. The smallest absolute Gasteiger partial charge is 0.240 e. The van der Waals surface area contributed by atoms with Gasteiger partial charge in [-0.05, 0) is 30.9 Å². The van der Waals surface area contributed by atoms with Gasteiger partial charge in [0.15, 0.2) is 11.5 Å². The van der Waals surface area contributed by atoms with Crippen LogP contribution in [0.15, 0.2) is 23.1 Å². The molecule has 1 unspecified atom stereocenters. The van der Waals surface area contributed by atoms with E-state index in [2.05, 4.69) is 4.72 Å². The summed E-state index contributed by atoms with van der Waals surface area (Å²) >= 11 is 0. The van der Waals surface area contributed by atoms with E-state index in [1.165, 1.54) is 12.1 Å². The molecule has 118 valence electrons. The molecule has 1 aromatic carbocycles. The van der Waals surface area contributed by atoms with Crippen molar-refractivity contribution in [1.29, 1.82) is 0 Å². The molecule has 1 saturated carbocycles. The molecule has 1 aliphatic heterocycles. The van der Waals surface area contributed by atoms with Gasteiger partial charge in [-0.25, -0.2) is 13.1 Å². The molecule has 1 heterocycles. The highest BCUT2D eigenvalue weighted by Gasteiger charge is 2.29. The number of hydrogen-bond acceptors (Lipinski definition) is 5. The van der Waals surface area contributed by atoms with E-state index in [0.717, 1.165) is 12.8 Å². The molecule has 1 fully saturated rings. The molecule has 0 bridgehead atoms. The Morgan fingerprint density at radius 1 is 1.24 bits per heavy atom. The van der Waals surface area contributed by atoms with Gasteiger partial charge in [0, 0.05) is 18.7 Å². The highest BCUT2D eigenvalue weighted by atomic mass is 35.5. The predicted molar refractivity (Wildman–Crippen MR) is 80.6 cm³/mol. The van der Waals surface area contributed by atoms with E-state index in [4.69, 9.17) is 15.2 Å². The van der Waals surface area contributed by atoms with E-state index in [1.807, 2.05) is 0 Å². The highest BCUT2D eigenvalue weighted by molar-refractivity contribution is 7.89. The number of fused-ring (bicyclic) bond motifs is 1. The molecule has 8 heteroatoms. The number of benzene rings is 1. The van der Waals surface area contributed by atoms with Gasteiger partial charge >= 0.3 is 0 Å². The van der Waals surface area contributed by atoms with Gasteiger partial charge < -0.3 is 15.2 Å². The van der Waals surface area contributed by atoms with E-state index in [-0.39, 0.29) is 29.9 Å². The third-order valence-electron chi connectivity index (χ3n) is 3.56. The van der Waals surface area contributed by atoms with E-state index >= 15 is 0 Å². The van der Waals surface area contributed by atoms with Crippen molar-refractivity contribution in [3.8, 4) is 11.5 Å². The normalized spacial score (nSPS) is 18.7. The Hall–Kier alpha value is -1.02. The summed E-state index contributed by atoms with van der Waals surface area (Å²) < 4.78 is 37.7. The molecule has 0 amide bonds. The summed E-state index contributed by atoms with van der Waals surface area (Å²) in [5.74, 6) is 1.49. The summed E-state index contributed by atoms with van der Waals surface area (Å²) in [5, 5.41) is 0. The van der Waals surface area contributed by atoms with Crippen molar-refractivity contribution < 1.29 is 17.9 Å². The quantitative estimate of drug-likeness (QED) is 0.834. The number of halogens is 1. The van der Waals surface area contributed by atoms with E-state index in [1.54, 1.807) is 6.07 Å². The van der Waals surface area contributed by atoms with Crippen LogP contribution in [0.3, 0.4) is 0 Å². The van der Waals surface area contributed by atoms with E-state index < -0.39 is 10.0 Å². The maximum Gasteiger partial charge on any atom is 0.240 e. The fraction of sp³-hybridized carbons (Fsp3) is 0.538. The first-order valence-corrected chi connectivity index (χ1v) is 8.19. The SMILES string of the molecule is Cl.NC(CNS(=O)(=O)c1ccc2c(c1)OCCO2)C1CC1. The zero-order valence-electron chi connectivity index (χ0n) is 11.4. The minimum absolute atomic E-state index is 0. The van der Waals surface area contributed by atoms with E-state index in [0.29, 0.717) is 30.6 Å². The lowest BCUT2D eigenvalue weighted by molar-refractivity contribution is 0.171. The largest absolute Gasteiger partial charge is 0.486 e. The molecule has 0 radical (unpaired) electrons. The van der Waals surface area contributed by atoms with Crippen molar-refractivity contribution in [2.24, 2.45) is 11.7 Å². The summed E-state index contributed by atoms with van der Waals surface area (Å²) in [6.45, 7) is 1.17. The van der Waals surface area contributed by atoms with Crippen LogP contribution in [0.5, 0.6) is 11.5 Å². The maximum absolute atomic E-state index is 12.2. The summed E-state index contributed by atoms with van der Waals surface area (Å²) in [6, 6.07) is 4.50. The number of ether oxygens (including phenoxy) is 2. The Morgan fingerprint density at radius 2 is 1.90 bits per heavy atom. The third kappa shape index (κ3) is 3.79. The molecule has 3 N–H and O–H groups in total. The number of nitrogens with two attached hydrogens (primary N) is 1. The summed E-state index contributed by atoms with van der Waals surface area (Å²) in [5.41, 5.74) is 5.90. The Balaban J connectivity index is 0.00000161. The second-order valence-electron chi connectivity index (χ2n) is 5.16. The first-order chi connectivity index (χ1) is 9.56. The second kappa shape index (κ2) is 6.39. The molecular weight excluding hydrogens is 316 g/mol. The molecule has 0 spiro atoms. The van der Waals surface area contributed by atoms with Crippen molar-refractivity contribution in [1.82, 2.24) is 4.72 Å². The van der Waals surface area contributed by atoms with Crippen LogP contribution in [0, 0.1) is 5.92 Å². The lowest BCUT2D eigenvalue weighted by Crippen LogP contribution is -2.38. The van der Waals surface area contributed by atoms with Crippen LogP contribution in [0.2, 0.25) is 0 Å². The van der Waals surface area contributed by atoms with Gasteiger partial charge in [0.2, 0.25) is 10.0 Å².